The van der Waals surface area contributed by atoms with Crippen LogP contribution in [0, 0.1) is 0 Å². The summed E-state index contributed by atoms with van der Waals surface area (Å²) in [7, 11) is 1.80. The minimum Gasteiger partial charge on any atom is -0.370 e. The number of hydrogen-bond donors (Lipinski definition) is 1. The zero-order valence-electron chi connectivity index (χ0n) is 23.1. The van der Waals surface area contributed by atoms with Crippen LogP contribution in [0.1, 0.15) is 42.6 Å². The maximum Gasteiger partial charge on any atom is 0.226 e. The SMILES string of the molecule is CC(=O)NC1(c2ccccc2)CCN(CCOC(CN(C)C(=O)Cc2ccccc2)c2ccc(Cl)c(Cl)c2)CC1. The highest BCUT2D eigenvalue weighted by molar-refractivity contribution is 6.42. The van der Waals surface area contributed by atoms with Crippen LogP contribution in [0.2, 0.25) is 10.0 Å². The molecule has 0 bridgehead atoms. The van der Waals surface area contributed by atoms with Crippen molar-refractivity contribution >= 4 is 35.0 Å². The summed E-state index contributed by atoms with van der Waals surface area (Å²) in [6, 6.07) is 25.4. The molecule has 1 fully saturated rings. The van der Waals surface area contributed by atoms with E-state index >= 15 is 0 Å². The third kappa shape index (κ3) is 8.07. The van der Waals surface area contributed by atoms with E-state index in [1.165, 1.54) is 0 Å². The Morgan fingerprint density at radius 3 is 2.25 bits per heavy atom. The lowest BCUT2D eigenvalue weighted by Crippen LogP contribution is -2.53. The summed E-state index contributed by atoms with van der Waals surface area (Å²) >= 11 is 12.5. The van der Waals surface area contributed by atoms with Gasteiger partial charge >= 0.3 is 0 Å². The molecule has 1 unspecified atom stereocenters. The highest BCUT2D eigenvalue weighted by atomic mass is 35.5. The monoisotopic (exact) mass is 581 g/mol. The summed E-state index contributed by atoms with van der Waals surface area (Å²) in [6.45, 7) is 4.88. The Balaban J connectivity index is 1.37. The Hall–Kier alpha value is -2.90. The second-order valence-electron chi connectivity index (χ2n) is 10.4. The van der Waals surface area contributed by atoms with Crippen LogP contribution in [0.5, 0.6) is 0 Å². The van der Waals surface area contributed by atoms with Gasteiger partial charge < -0.3 is 19.9 Å². The predicted molar refractivity (Wildman–Crippen MR) is 161 cm³/mol. The third-order valence-electron chi connectivity index (χ3n) is 7.56. The van der Waals surface area contributed by atoms with Gasteiger partial charge in [0.2, 0.25) is 11.8 Å². The van der Waals surface area contributed by atoms with Crippen LogP contribution >= 0.6 is 23.2 Å². The number of likely N-dealkylation sites (tertiary alicyclic amines) is 1. The standard InChI is InChI=1S/C32H37Cl2N3O3/c1-24(38)35-32(27-11-7-4-8-12-27)15-17-37(18-16-32)19-20-40-30(26-13-14-28(33)29(34)22-26)23-36(2)31(39)21-25-9-5-3-6-10-25/h3-14,22,30H,15-21,23H2,1-2H3,(H,35,38). The Bertz CT molecular complexity index is 1260. The van der Waals surface area contributed by atoms with Crippen LogP contribution in [0.3, 0.4) is 0 Å². The molecule has 40 heavy (non-hydrogen) atoms. The Labute approximate surface area is 247 Å². The average molecular weight is 583 g/mol. The molecule has 1 atom stereocenters. The number of carbonyl (C=O) groups is 2. The maximum atomic E-state index is 13.0. The van der Waals surface area contributed by atoms with Crippen LogP contribution in [-0.2, 0) is 26.3 Å². The summed E-state index contributed by atoms with van der Waals surface area (Å²) in [6.07, 6.45) is 1.62. The van der Waals surface area contributed by atoms with Crippen molar-refractivity contribution in [3.05, 3.63) is 106 Å². The predicted octanol–water partition coefficient (Wildman–Crippen LogP) is 5.88. The van der Waals surface area contributed by atoms with Crippen LogP contribution in [0.25, 0.3) is 0 Å². The third-order valence-corrected chi connectivity index (χ3v) is 8.30. The molecule has 0 aliphatic carbocycles. The van der Waals surface area contributed by atoms with Gasteiger partial charge in [0, 0.05) is 33.6 Å². The van der Waals surface area contributed by atoms with Gasteiger partial charge in [0.15, 0.2) is 0 Å². The van der Waals surface area contributed by atoms with Crippen molar-refractivity contribution in [2.24, 2.45) is 0 Å². The minimum absolute atomic E-state index is 0.0176. The summed E-state index contributed by atoms with van der Waals surface area (Å²) in [5, 5.41) is 4.16. The number of rotatable bonds is 11. The first-order valence-electron chi connectivity index (χ1n) is 13.7. The van der Waals surface area contributed by atoms with E-state index < -0.39 is 0 Å². The fourth-order valence-corrected chi connectivity index (χ4v) is 5.59. The summed E-state index contributed by atoms with van der Waals surface area (Å²) in [5.41, 5.74) is 2.64. The Morgan fingerprint density at radius 2 is 1.62 bits per heavy atom. The number of amides is 2. The van der Waals surface area contributed by atoms with E-state index in [4.69, 9.17) is 27.9 Å². The molecule has 212 valence electrons. The van der Waals surface area contributed by atoms with Crippen molar-refractivity contribution in [2.75, 3.05) is 39.8 Å². The number of nitrogens with one attached hydrogen (secondary N) is 1. The van der Waals surface area contributed by atoms with E-state index in [1.54, 1.807) is 24.9 Å². The van der Waals surface area contributed by atoms with E-state index in [0.717, 1.165) is 49.2 Å². The molecule has 1 aliphatic rings. The van der Waals surface area contributed by atoms with Gasteiger partial charge in [-0.3, -0.25) is 9.59 Å². The zero-order chi connectivity index (χ0) is 28.5. The quantitative estimate of drug-likeness (QED) is 0.307. The summed E-state index contributed by atoms with van der Waals surface area (Å²) in [5.74, 6) is 0.00199. The molecule has 6 nitrogen and oxygen atoms in total. The number of benzene rings is 3. The molecule has 0 saturated carbocycles. The highest BCUT2D eigenvalue weighted by Gasteiger charge is 2.36. The minimum atomic E-state index is -0.355. The van der Waals surface area contributed by atoms with Gasteiger partial charge in [0.05, 0.1) is 35.2 Å². The van der Waals surface area contributed by atoms with E-state index in [0.29, 0.717) is 29.6 Å². The van der Waals surface area contributed by atoms with Gasteiger partial charge in [-0.15, -0.1) is 0 Å². The van der Waals surface area contributed by atoms with Gasteiger partial charge in [-0.1, -0.05) is 89.9 Å². The second kappa shape index (κ2) is 14.1. The van der Waals surface area contributed by atoms with Crippen molar-refractivity contribution in [2.45, 2.75) is 37.8 Å². The normalized spacial score (nSPS) is 15.8. The molecule has 0 aromatic heterocycles. The van der Waals surface area contributed by atoms with Gasteiger partial charge in [0.1, 0.15) is 6.10 Å². The van der Waals surface area contributed by atoms with Crippen molar-refractivity contribution in [1.82, 2.24) is 15.1 Å². The zero-order valence-corrected chi connectivity index (χ0v) is 24.6. The number of carbonyl (C=O) groups excluding carboxylic acids is 2. The van der Waals surface area contributed by atoms with Gasteiger partial charge in [-0.2, -0.15) is 0 Å². The van der Waals surface area contributed by atoms with Crippen LogP contribution in [0.15, 0.2) is 78.9 Å². The number of ether oxygens (including phenoxy) is 1. The molecule has 1 N–H and O–H groups in total. The molecule has 4 rings (SSSR count). The molecule has 8 heteroatoms. The number of likely N-dealkylation sites (N-methyl/N-ethyl adjacent to an activating group) is 1. The topological polar surface area (TPSA) is 61.9 Å². The molecule has 0 radical (unpaired) electrons. The number of hydrogen-bond acceptors (Lipinski definition) is 4. The molecule has 3 aromatic carbocycles. The highest BCUT2D eigenvalue weighted by Crippen LogP contribution is 2.33. The van der Waals surface area contributed by atoms with Crippen molar-refractivity contribution in [3.8, 4) is 0 Å². The van der Waals surface area contributed by atoms with Crippen LogP contribution in [0.4, 0.5) is 0 Å². The molecule has 3 aromatic rings. The Kier molecular flexibility index (Phi) is 10.6. The van der Waals surface area contributed by atoms with Crippen LogP contribution in [-0.4, -0.2) is 61.4 Å². The maximum absolute atomic E-state index is 13.0. The first-order chi connectivity index (χ1) is 19.3. The molecule has 1 saturated heterocycles. The van der Waals surface area contributed by atoms with Gasteiger partial charge in [-0.25, -0.2) is 0 Å². The molecular weight excluding hydrogens is 545 g/mol. The number of piperidine rings is 1. The first kappa shape index (κ1) is 30.1. The first-order valence-corrected chi connectivity index (χ1v) is 14.4. The van der Waals surface area contributed by atoms with Crippen molar-refractivity contribution in [3.63, 3.8) is 0 Å². The molecule has 1 aliphatic heterocycles. The lowest BCUT2D eigenvalue weighted by atomic mass is 9.80. The smallest absolute Gasteiger partial charge is 0.226 e. The molecule has 2 amide bonds. The van der Waals surface area contributed by atoms with Crippen molar-refractivity contribution < 1.29 is 14.3 Å². The van der Waals surface area contributed by atoms with Crippen LogP contribution < -0.4 is 5.32 Å². The van der Waals surface area contributed by atoms with E-state index in [-0.39, 0.29) is 23.5 Å². The fourth-order valence-electron chi connectivity index (χ4n) is 5.29. The lowest BCUT2D eigenvalue weighted by molar-refractivity contribution is -0.131. The second-order valence-corrected chi connectivity index (χ2v) is 11.3. The average Bonchev–Trinajstić information content (AvgIpc) is 2.95. The van der Waals surface area contributed by atoms with E-state index in [1.807, 2.05) is 60.7 Å². The molecule has 0 spiro atoms. The number of nitrogens with zero attached hydrogens (tertiary/aromatic N) is 2. The lowest BCUT2D eigenvalue weighted by Gasteiger charge is -2.42. The van der Waals surface area contributed by atoms with Gasteiger partial charge in [0.25, 0.3) is 0 Å². The molecule has 1 heterocycles. The summed E-state index contributed by atoms with van der Waals surface area (Å²) in [4.78, 5) is 29.1. The Morgan fingerprint density at radius 1 is 0.975 bits per heavy atom. The molecular formula is C32H37Cl2N3O3. The van der Waals surface area contributed by atoms with Gasteiger partial charge in [-0.05, 0) is 41.7 Å². The van der Waals surface area contributed by atoms with E-state index in [9.17, 15) is 9.59 Å². The number of halogens is 2. The van der Waals surface area contributed by atoms with E-state index in [2.05, 4.69) is 22.3 Å². The summed E-state index contributed by atoms with van der Waals surface area (Å²) < 4.78 is 6.39. The fraction of sp³-hybridized carbons (Fsp3) is 0.375. The van der Waals surface area contributed by atoms with Crippen molar-refractivity contribution in [1.29, 1.82) is 0 Å². The largest absolute Gasteiger partial charge is 0.370 e.